The lowest BCUT2D eigenvalue weighted by atomic mass is 10.1. The van der Waals surface area contributed by atoms with Crippen LogP contribution in [0.3, 0.4) is 0 Å². The monoisotopic (exact) mass is 315 g/mol. The number of benzene rings is 1. The number of aromatic nitrogens is 1. The summed E-state index contributed by atoms with van der Waals surface area (Å²) in [7, 11) is 0. The van der Waals surface area contributed by atoms with Gasteiger partial charge in [-0.2, -0.15) is 0 Å². The molecule has 0 aliphatic rings. The fourth-order valence-corrected chi connectivity index (χ4v) is 2.10. The highest BCUT2D eigenvalue weighted by Gasteiger charge is 2.08. The first kappa shape index (κ1) is 16.9. The van der Waals surface area contributed by atoms with Crippen molar-refractivity contribution in [3.8, 4) is 0 Å². The van der Waals surface area contributed by atoms with Gasteiger partial charge in [-0.25, -0.2) is 9.37 Å². The van der Waals surface area contributed by atoms with Gasteiger partial charge in [0.1, 0.15) is 11.5 Å². The Balaban J connectivity index is 1.85. The molecule has 2 rings (SSSR count). The zero-order chi connectivity index (χ0) is 16.7. The Kier molecular flexibility index (Phi) is 6.09. The maximum atomic E-state index is 13.5. The third kappa shape index (κ3) is 5.06. The number of pyridine rings is 1. The van der Waals surface area contributed by atoms with Crippen LogP contribution in [0.15, 0.2) is 42.6 Å². The standard InChI is InChI=1S/C18H22FN3O/c1-3-13(2)22-15-8-9-17(21-12-15)18(23)20-11-10-14-6-4-5-7-16(14)19/h4-9,12-13,22H,3,10-11H2,1-2H3,(H,20,23). The van der Waals surface area contributed by atoms with Crippen molar-refractivity contribution < 1.29 is 9.18 Å². The van der Waals surface area contributed by atoms with Crippen LogP contribution in [0.2, 0.25) is 0 Å². The molecule has 0 fully saturated rings. The molecule has 122 valence electrons. The van der Waals surface area contributed by atoms with E-state index in [0.717, 1.165) is 12.1 Å². The lowest BCUT2D eigenvalue weighted by Crippen LogP contribution is -2.26. The van der Waals surface area contributed by atoms with Crippen molar-refractivity contribution in [3.63, 3.8) is 0 Å². The van der Waals surface area contributed by atoms with Crippen molar-refractivity contribution in [2.24, 2.45) is 0 Å². The van der Waals surface area contributed by atoms with Gasteiger partial charge in [-0.3, -0.25) is 4.79 Å². The highest BCUT2D eigenvalue weighted by Crippen LogP contribution is 2.09. The predicted octanol–water partition coefficient (Wildman–Crippen LogP) is 3.40. The Morgan fingerprint density at radius 3 is 2.70 bits per heavy atom. The van der Waals surface area contributed by atoms with Gasteiger partial charge in [-0.1, -0.05) is 25.1 Å². The van der Waals surface area contributed by atoms with E-state index in [1.54, 1.807) is 30.5 Å². The second-order valence-electron chi connectivity index (χ2n) is 5.48. The van der Waals surface area contributed by atoms with Gasteiger partial charge in [-0.15, -0.1) is 0 Å². The number of hydrogen-bond acceptors (Lipinski definition) is 3. The lowest BCUT2D eigenvalue weighted by Gasteiger charge is -2.12. The third-order valence-electron chi connectivity index (χ3n) is 3.66. The fourth-order valence-electron chi connectivity index (χ4n) is 2.10. The van der Waals surface area contributed by atoms with Crippen molar-refractivity contribution in [1.29, 1.82) is 0 Å². The summed E-state index contributed by atoms with van der Waals surface area (Å²) in [6, 6.07) is 10.4. The van der Waals surface area contributed by atoms with E-state index in [1.807, 2.05) is 6.07 Å². The molecule has 5 heteroatoms. The number of rotatable bonds is 7. The van der Waals surface area contributed by atoms with Crippen molar-refractivity contribution in [2.45, 2.75) is 32.7 Å². The lowest BCUT2D eigenvalue weighted by molar-refractivity contribution is 0.0949. The van der Waals surface area contributed by atoms with Gasteiger partial charge in [-0.05, 0) is 43.5 Å². The summed E-state index contributed by atoms with van der Waals surface area (Å²) < 4.78 is 13.5. The Labute approximate surface area is 136 Å². The van der Waals surface area contributed by atoms with E-state index in [0.29, 0.717) is 30.3 Å². The first-order valence-electron chi connectivity index (χ1n) is 7.84. The maximum absolute atomic E-state index is 13.5. The molecule has 0 spiro atoms. The molecule has 1 unspecified atom stereocenters. The van der Waals surface area contributed by atoms with Crippen LogP contribution in [0, 0.1) is 5.82 Å². The molecule has 0 radical (unpaired) electrons. The van der Waals surface area contributed by atoms with Gasteiger partial charge in [0.25, 0.3) is 5.91 Å². The Morgan fingerprint density at radius 1 is 1.26 bits per heavy atom. The van der Waals surface area contributed by atoms with Crippen molar-refractivity contribution in [1.82, 2.24) is 10.3 Å². The molecule has 2 N–H and O–H groups in total. The van der Waals surface area contributed by atoms with Gasteiger partial charge >= 0.3 is 0 Å². The van der Waals surface area contributed by atoms with E-state index in [2.05, 4.69) is 29.5 Å². The average molecular weight is 315 g/mol. The molecule has 0 aliphatic heterocycles. The van der Waals surface area contributed by atoms with Crippen LogP contribution >= 0.6 is 0 Å². The number of anilines is 1. The summed E-state index contributed by atoms with van der Waals surface area (Å²) in [6.07, 6.45) is 3.11. The first-order chi connectivity index (χ1) is 11.1. The second-order valence-corrected chi connectivity index (χ2v) is 5.48. The molecule has 23 heavy (non-hydrogen) atoms. The second kappa shape index (κ2) is 8.27. The Morgan fingerprint density at radius 2 is 2.04 bits per heavy atom. The van der Waals surface area contributed by atoms with Crippen LogP contribution in [-0.4, -0.2) is 23.5 Å². The minimum Gasteiger partial charge on any atom is -0.381 e. The molecule has 1 aromatic carbocycles. The molecule has 1 aromatic heterocycles. The smallest absolute Gasteiger partial charge is 0.269 e. The number of carbonyl (C=O) groups is 1. The zero-order valence-electron chi connectivity index (χ0n) is 13.5. The van der Waals surface area contributed by atoms with Gasteiger partial charge in [0.05, 0.1) is 11.9 Å². The van der Waals surface area contributed by atoms with E-state index < -0.39 is 0 Å². The summed E-state index contributed by atoms with van der Waals surface area (Å²) in [5, 5.41) is 6.05. The van der Waals surface area contributed by atoms with E-state index in [1.165, 1.54) is 6.07 Å². The van der Waals surface area contributed by atoms with Crippen LogP contribution in [0.4, 0.5) is 10.1 Å². The number of nitrogens with one attached hydrogen (secondary N) is 2. The van der Waals surface area contributed by atoms with Crippen molar-refractivity contribution >= 4 is 11.6 Å². The summed E-state index contributed by atoms with van der Waals surface area (Å²) >= 11 is 0. The molecule has 0 bridgehead atoms. The van der Waals surface area contributed by atoms with Crippen LogP contribution in [0.1, 0.15) is 36.3 Å². The van der Waals surface area contributed by atoms with E-state index in [-0.39, 0.29) is 11.7 Å². The topological polar surface area (TPSA) is 54.0 Å². The summed E-state index contributed by atoms with van der Waals surface area (Å²) in [4.78, 5) is 16.2. The number of carbonyl (C=O) groups excluding carboxylic acids is 1. The molecule has 4 nitrogen and oxygen atoms in total. The average Bonchev–Trinajstić information content (AvgIpc) is 2.57. The SMILES string of the molecule is CCC(C)Nc1ccc(C(=O)NCCc2ccccc2F)nc1. The Hall–Kier alpha value is -2.43. The molecule has 1 heterocycles. The molecule has 0 saturated heterocycles. The quantitative estimate of drug-likeness (QED) is 0.823. The number of amides is 1. The normalized spacial score (nSPS) is 11.8. The first-order valence-corrected chi connectivity index (χ1v) is 7.84. The highest BCUT2D eigenvalue weighted by atomic mass is 19.1. The molecule has 2 aromatic rings. The highest BCUT2D eigenvalue weighted by molar-refractivity contribution is 5.92. The molecule has 1 amide bonds. The van der Waals surface area contributed by atoms with E-state index in [4.69, 9.17) is 0 Å². The molecule has 0 aliphatic carbocycles. The molecular formula is C18H22FN3O. The van der Waals surface area contributed by atoms with Gasteiger partial charge in [0.15, 0.2) is 0 Å². The van der Waals surface area contributed by atoms with E-state index in [9.17, 15) is 9.18 Å². The number of hydrogen-bond donors (Lipinski definition) is 2. The van der Waals surface area contributed by atoms with Crippen LogP contribution in [-0.2, 0) is 6.42 Å². The van der Waals surface area contributed by atoms with Gasteiger partial charge in [0.2, 0.25) is 0 Å². The summed E-state index contributed by atoms with van der Waals surface area (Å²) in [5.41, 5.74) is 1.84. The molecule has 0 saturated carbocycles. The van der Waals surface area contributed by atoms with Gasteiger partial charge in [0, 0.05) is 12.6 Å². The Bertz CT molecular complexity index is 643. The maximum Gasteiger partial charge on any atom is 0.269 e. The number of halogens is 1. The van der Waals surface area contributed by atoms with E-state index >= 15 is 0 Å². The number of nitrogens with zero attached hydrogens (tertiary/aromatic N) is 1. The van der Waals surface area contributed by atoms with Crippen LogP contribution in [0.25, 0.3) is 0 Å². The third-order valence-corrected chi connectivity index (χ3v) is 3.66. The largest absolute Gasteiger partial charge is 0.381 e. The van der Waals surface area contributed by atoms with Crippen molar-refractivity contribution in [2.75, 3.05) is 11.9 Å². The van der Waals surface area contributed by atoms with Gasteiger partial charge < -0.3 is 10.6 Å². The summed E-state index contributed by atoms with van der Waals surface area (Å²) in [5.74, 6) is -0.503. The molecular weight excluding hydrogens is 293 g/mol. The minimum absolute atomic E-state index is 0.250. The van der Waals surface area contributed by atoms with Crippen molar-refractivity contribution in [3.05, 3.63) is 59.7 Å². The van der Waals surface area contributed by atoms with Crippen LogP contribution in [0.5, 0.6) is 0 Å². The minimum atomic E-state index is -0.253. The van der Waals surface area contributed by atoms with Crippen LogP contribution < -0.4 is 10.6 Å². The molecule has 1 atom stereocenters. The summed E-state index contributed by atoms with van der Waals surface area (Å²) in [6.45, 7) is 4.56. The fraction of sp³-hybridized carbons (Fsp3) is 0.333. The zero-order valence-corrected chi connectivity index (χ0v) is 13.5. The predicted molar refractivity (Wildman–Crippen MR) is 90.0 cm³/mol.